The Balaban J connectivity index is 2.46. The van der Waals surface area contributed by atoms with E-state index in [1.54, 1.807) is 0 Å². The third-order valence-electron chi connectivity index (χ3n) is 3.05. The van der Waals surface area contributed by atoms with Gasteiger partial charge in [-0.3, -0.25) is 4.79 Å². The fraction of sp³-hybridized carbons (Fsp3) is 0.333. The molecule has 2 aromatic rings. The number of aromatic amines is 1. The maximum Gasteiger partial charge on any atom is 0.265 e. The van der Waals surface area contributed by atoms with E-state index in [2.05, 4.69) is 51.9 Å². The summed E-state index contributed by atoms with van der Waals surface area (Å²) in [5.41, 5.74) is 2.92. The van der Waals surface area contributed by atoms with Crippen LogP contribution in [0.2, 0.25) is 0 Å². The molecule has 2 rings (SSSR count). The average Bonchev–Trinajstić information content (AvgIpc) is 2.44. The Labute approximate surface area is 121 Å². The van der Waals surface area contributed by atoms with Gasteiger partial charge in [0.2, 0.25) is 0 Å². The van der Waals surface area contributed by atoms with Gasteiger partial charge in [0.15, 0.2) is 0 Å². The van der Waals surface area contributed by atoms with Crippen LogP contribution in [-0.2, 0) is 12.8 Å². The number of aromatic nitrogens is 2. The predicted molar refractivity (Wildman–Crippen MR) is 81.4 cm³/mol. The summed E-state index contributed by atoms with van der Waals surface area (Å²) in [5, 5.41) is 0. The Kier molecular flexibility index (Phi) is 4.53. The second-order valence-corrected chi connectivity index (χ2v) is 5.27. The summed E-state index contributed by atoms with van der Waals surface area (Å²) in [6, 6.07) is 8.13. The lowest BCUT2D eigenvalue weighted by atomic mass is 10.1. The molecule has 4 heteroatoms. The second kappa shape index (κ2) is 6.15. The van der Waals surface area contributed by atoms with Crippen molar-refractivity contribution in [3.05, 3.63) is 50.3 Å². The van der Waals surface area contributed by atoms with Crippen molar-refractivity contribution in [3.8, 4) is 11.4 Å². The lowest BCUT2D eigenvalue weighted by molar-refractivity contribution is 0.861. The van der Waals surface area contributed by atoms with E-state index in [1.165, 1.54) is 5.56 Å². The van der Waals surface area contributed by atoms with Crippen molar-refractivity contribution in [2.75, 3.05) is 0 Å². The van der Waals surface area contributed by atoms with Crippen molar-refractivity contribution in [1.82, 2.24) is 9.97 Å². The maximum absolute atomic E-state index is 11.9. The molecule has 1 aromatic heterocycles. The SMILES string of the molecule is CCCc1nc(-c2ccc(CC)cc2)[nH]c(=O)c1Br. The number of nitrogens with zero attached hydrogens (tertiary/aromatic N) is 1. The van der Waals surface area contributed by atoms with Gasteiger partial charge in [0, 0.05) is 5.56 Å². The highest BCUT2D eigenvalue weighted by molar-refractivity contribution is 9.10. The monoisotopic (exact) mass is 320 g/mol. The molecule has 0 aliphatic carbocycles. The number of nitrogens with one attached hydrogen (secondary N) is 1. The maximum atomic E-state index is 11.9. The highest BCUT2D eigenvalue weighted by atomic mass is 79.9. The number of aryl methyl sites for hydroxylation is 2. The molecule has 1 aromatic carbocycles. The minimum absolute atomic E-state index is 0.118. The molecule has 0 spiro atoms. The van der Waals surface area contributed by atoms with Crippen LogP contribution in [0.5, 0.6) is 0 Å². The highest BCUT2D eigenvalue weighted by Crippen LogP contribution is 2.18. The van der Waals surface area contributed by atoms with Gasteiger partial charge in [-0.1, -0.05) is 44.5 Å². The van der Waals surface area contributed by atoms with Gasteiger partial charge in [0.25, 0.3) is 5.56 Å². The lowest BCUT2D eigenvalue weighted by Gasteiger charge is -2.06. The zero-order valence-electron chi connectivity index (χ0n) is 11.2. The molecule has 100 valence electrons. The predicted octanol–water partition coefficient (Wildman–Crippen LogP) is 3.71. The molecule has 0 bridgehead atoms. The van der Waals surface area contributed by atoms with Gasteiger partial charge >= 0.3 is 0 Å². The first kappa shape index (κ1) is 14.0. The van der Waals surface area contributed by atoms with E-state index < -0.39 is 0 Å². The summed E-state index contributed by atoms with van der Waals surface area (Å²) >= 11 is 3.30. The van der Waals surface area contributed by atoms with Crippen LogP contribution < -0.4 is 5.56 Å². The van der Waals surface area contributed by atoms with Gasteiger partial charge in [-0.15, -0.1) is 0 Å². The number of halogens is 1. The standard InChI is InChI=1S/C15H17BrN2O/c1-3-5-12-13(16)15(19)18-14(17-12)11-8-6-10(4-2)7-9-11/h6-9H,3-5H2,1-2H3,(H,17,18,19). The number of rotatable bonds is 4. The number of benzene rings is 1. The van der Waals surface area contributed by atoms with Gasteiger partial charge < -0.3 is 4.98 Å². The first-order valence-corrected chi connectivity index (χ1v) is 7.33. The van der Waals surface area contributed by atoms with E-state index in [-0.39, 0.29) is 5.56 Å². The molecule has 1 N–H and O–H groups in total. The molecule has 19 heavy (non-hydrogen) atoms. The molecule has 0 amide bonds. The van der Waals surface area contributed by atoms with E-state index in [9.17, 15) is 4.79 Å². The van der Waals surface area contributed by atoms with Crippen molar-refractivity contribution >= 4 is 15.9 Å². The lowest BCUT2D eigenvalue weighted by Crippen LogP contribution is -2.13. The first-order chi connectivity index (χ1) is 9.15. The Bertz CT molecular complexity index is 617. The molecule has 0 aliphatic heterocycles. The van der Waals surface area contributed by atoms with Crippen molar-refractivity contribution in [1.29, 1.82) is 0 Å². The molecular weight excluding hydrogens is 304 g/mol. The van der Waals surface area contributed by atoms with Crippen molar-refractivity contribution in [2.24, 2.45) is 0 Å². The van der Waals surface area contributed by atoms with E-state index in [1.807, 2.05) is 12.1 Å². The first-order valence-electron chi connectivity index (χ1n) is 6.53. The molecule has 0 fully saturated rings. The topological polar surface area (TPSA) is 45.8 Å². The Morgan fingerprint density at radius 2 is 1.89 bits per heavy atom. The molecule has 0 radical (unpaired) electrons. The molecule has 0 atom stereocenters. The van der Waals surface area contributed by atoms with Crippen LogP contribution in [-0.4, -0.2) is 9.97 Å². The Morgan fingerprint density at radius 3 is 2.47 bits per heavy atom. The summed E-state index contributed by atoms with van der Waals surface area (Å²) in [6.45, 7) is 4.19. The van der Waals surface area contributed by atoms with Crippen molar-refractivity contribution < 1.29 is 0 Å². The molecule has 0 saturated heterocycles. The summed E-state index contributed by atoms with van der Waals surface area (Å²) in [5.74, 6) is 0.638. The Morgan fingerprint density at radius 1 is 1.21 bits per heavy atom. The average molecular weight is 321 g/mol. The number of H-pyrrole nitrogens is 1. The molecule has 1 heterocycles. The molecule has 0 saturated carbocycles. The summed E-state index contributed by atoms with van der Waals surface area (Å²) in [7, 11) is 0. The smallest absolute Gasteiger partial charge is 0.265 e. The Hall–Kier alpha value is -1.42. The van der Waals surface area contributed by atoms with Crippen LogP contribution in [0.4, 0.5) is 0 Å². The fourth-order valence-corrected chi connectivity index (χ4v) is 2.33. The third kappa shape index (κ3) is 3.13. The zero-order valence-corrected chi connectivity index (χ0v) is 12.8. The largest absolute Gasteiger partial charge is 0.306 e. The summed E-state index contributed by atoms with van der Waals surface area (Å²) in [4.78, 5) is 19.3. The minimum atomic E-state index is -0.118. The van der Waals surface area contributed by atoms with Gasteiger partial charge in [-0.2, -0.15) is 0 Å². The van der Waals surface area contributed by atoms with Gasteiger partial charge in [-0.05, 0) is 34.3 Å². The van der Waals surface area contributed by atoms with E-state index >= 15 is 0 Å². The number of hydrogen-bond donors (Lipinski definition) is 1. The second-order valence-electron chi connectivity index (χ2n) is 4.48. The molecule has 0 unspecified atom stereocenters. The van der Waals surface area contributed by atoms with Crippen LogP contribution >= 0.6 is 15.9 Å². The normalized spacial score (nSPS) is 10.7. The zero-order chi connectivity index (χ0) is 13.8. The molecular formula is C15H17BrN2O. The van der Waals surface area contributed by atoms with E-state index in [0.29, 0.717) is 10.3 Å². The van der Waals surface area contributed by atoms with E-state index in [4.69, 9.17) is 0 Å². The van der Waals surface area contributed by atoms with Crippen LogP contribution in [0.25, 0.3) is 11.4 Å². The third-order valence-corrected chi connectivity index (χ3v) is 3.87. The van der Waals surface area contributed by atoms with Gasteiger partial charge in [0.1, 0.15) is 10.3 Å². The van der Waals surface area contributed by atoms with Crippen molar-refractivity contribution in [2.45, 2.75) is 33.1 Å². The van der Waals surface area contributed by atoms with Crippen LogP contribution in [0.3, 0.4) is 0 Å². The number of hydrogen-bond acceptors (Lipinski definition) is 2. The van der Waals surface area contributed by atoms with Crippen molar-refractivity contribution in [3.63, 3.8) is 0 Å². The quantitative estimate of drug-likeness (QED) is 0.933. The van der Waals surface area contributed by atoms with Crippen LogP contribution in [0.15, 0.2) is 33.5 Å². The van der Waals surface area contributed by atoms with Crippen LogP contribution in [0, 0.1) is 0 Å². The van der Waals surface area contributed by atoms with Crippen LogP contribution in [0.1, 0.15) is 31.5 Å². The minimum Gasteiger partial charge on any atom is -0.306 e. The van der Waals surface area contributed by atoms with Gasteiger partial charge in [0.05, 0.1) is 5.69 Å². The summed E-state index contributed by atoms with van der Waals surface area (Å²) in [6.07, 6.45) is 2.76. The van der Waals surface area contributed by atoms with E-state index in [0.717, 1.165) is 30.5 Å². The van der Waals surface area contributed by atoms with Gasteiger partial charge in [-0.25, -0.2) is 4.98 Å². The molecule has 3 nitrogen and oxygen atoms in total. The highest BCUT2D eigenvalue weighted by Gasteiger charge is 2.09. The summed E-state index contributed by atoms with van der Waals surface area (Å²) < 4.78 is 0.545. The fourth-order valence-electron chi connectivity index (χ4n) is 1.94. The molecule has 0 aliphatic rings.